The summed E-state index contributed by atoms with van der Waals surface area (Å²) < 4.78 is 4.47. The average Bonchev–Trinajstić information content (AvgIpc) is 3.27. The molecule has 1 saturated heterocycles. The molecule has 3 heterocycles. The number of aromatic nitrogens is 4. The number of nitrogens with one attached hydrogen (secondary N) is 2. The molecule has 1 atom stereocenters. The number of amides is 1. The van der Waals surface area contributed by atoms with Crippen LogP contribution < -0.4 is 15.5 Å². The van der Waals surface area contributed by atoms with E-state index in [9.17, 15) is 9.59 Å². The molecule has 1 aromatic carbocycles. The number of ether oxygens (including phenoxy) is 1. The van der Waals surface area contributed by atoms with Gasteiger partial charge in [0.15, 0.2) is 11.6 Å². The van der Waals surface area contributed by atoms with E-state index < -0.39 is 5.91 Å². The highest BCUT2D eigenvalue weighted by Crippen LogP contribution is 2.29. The molecule has 0 bridgehead atoms. The van der Waals surface area contributed by atoms with E-state index in [1.165, 1.54) is 0 Å². The van der Waals surface area contributed by atoms with Crippen LogP contribution in [0.5, 0.6) is 0 Å². The molecular weight excluding hydrogens is 410 g/mol. The van der Waals surface area contributed by atoms with Gasteiger partial charge in [-0.1, -0.05) is 12.5 Å². The van der Waals surface area contributed by atoms with Crippen molar-refractivity contribution in [1.82, 2.24) is 20.2 Å². The van der Waals surface area contributed by atoms with Crippen molar-refractivity contribution in [3.63, 3.8) is 0 Å². The number of benzene rings is 1. The van der Waals surface area contributed by atoms with E-state index in [1.54, 1.807) is 30.7 Å². The summed E-state index contributed by atoms with van der Waals surface area (Å²) in [6.45, 7) is 5.04. The lowest BCUT2D eigenvalue weighted by molar-refractivity contribution is -0.129. The fourth-order valence-corrected chi connectivity index (χ4v) is 3.43. The first-order chi connectivity index (χ1) is 15.6. The van der Waals surface area contributed by atoms with Crippen LogP contribution in [0.15, 0.2) is 49.1 Å². The molecule has 10 nitrogen and oxygen atoms in total. The maximum absolute atomic E-state index is 12.0. The molecule has 0 radical (unpaired) electrons. The van der Waals surface area contributed by atoms with Crippen molar-refractivity contribution < 1.29 is 14.3 Å². The Balaban J connectivity index is 1.47. The number of fused-ring (bicyclic) bond motifs is 1. The van der Waals surface area contributed by atoms with Gasteiger partial charge in [-0.05, 0) is 24.6 Å². The van der Waals surface area contributed by atoms with Gasteiger partial charge in [-0.25, -0.2) is 9.97 Å². The Kier molecular flexibility index (Phi) is 5.89. The highest BCUT2D eigenvalue weighted by Gasteiger charge is 2.25. The van der Waals surface area contributed by atoms with E-state index in [-0.39, 0.29) is 18.3 Å². The number of terminal acetylenes is 1. The van der Waals surface area contributed by atoms with Gasteiger partial charge in [-0.15, -0.1) is 11.5 Å². The second-order valence-electron chi connectivity index (χ2n) is 7.08. The SMILES string of the molecule is C#Cc1cnc(NC2CCN(c3nncc4cc(NC(=O)C(=C)OC=O)ccc34)C2)nc1. The van der Waals surface area contributed by atoms with Gasteiger partial charge in [0.25, 0.3) is 12.4 Å². The van der Waals surface area contributed by atoms with Crippen LogP contribution in [0.4, 0.5) is 17.5 Å². The number of carbonyl (C=O) groups is 2. The van der Waals surface area contributed by atoms with Crippen LogP contribution in [0, 0.1) is 12.3 Å². The summed E-state index contributed by atoms with van der Waals surface area (Å²) in [5.74, 6) is 2.88. The largest absolute Gasteiger partial charge is 0.423 e. The third-order valence-electron chi connectivity index (χ3n) is 4.98. The van der Waals surface area contributed by atoms with Crippen LogP contribution in [0.3, 0.4) is 0 Å². The van der Waals surface area contributed by atoms with E-state index in [1.807, 2.05) is 6.07 Å². The van der Waals surface area contributed by atoms with Crippen molar-refractivity contribution in [2.45, 2.75) is 12.5 Å². The molecule has 10 heteroatoms. The molecule has 1 unspecified atom stereocenters. The number of carbonyl (C=O) groups excluding carboxylic acids is 2. The first-order valence-corrected chi connectivity index (χ1v) is 9.73. The Morgan fingerprint density at radius 2 is 2.12 bits per heavy atom. The van der Waals surface area contributed by atoms with Crippen LogP contribution >= 0.6 is 0 Å². The number of hydrogen-bond acceptors (Lipinski definition) is 9. The maximum atomic E-state index is 12.0. The average molecular weight is 429 g/mol. The van der Waals surface area contributed by atoms with Gasteiger partial charge in [-0.2, -0.15) is 5.10 Å². The van der Waals surface area contributed by atoms with Crippen molar-refractivity contribution in [3.8, 4) is 12.3 Å². The molecule has 2 N–H and O–H groups in total. The smallest absolute Gasteiger partial charge is 0.298 e. The fourth-order valence-electron chi connectivity index (χ4n) is 3.43. The van der Waals surface area contributed by atoms with Crippen molar-refractivity contribution in [1.29, 1.82) is 0 Å². The standard InChI is InChI=1S/C22H19N7O3/c1-3-15-9-23-22(24-10-15)27-18-6-7-29(12-18)20-19-5-4-17(8-16(19)11-25-28-20)26-21(31)14(2)32-13-30/h1,4-5,8-11,13,18H,2,6-7,12H2,(H,26,31)(H,23,24,27). The first kappa shape index (κ1) is 20.7. The van der Waals surface area contributed by atoms with E-state index in [0.29, 0.717) is 23.7 Å². The molecule has 1 amide bonds. The Bertz CT molecular complexity index is 1220. The molecular formula is C22H19N7O3. The Labute approximate surface area is 183 Å². The van der Waals surface area contributed by atoms with E-state index >= 15 is 0 Å². The lowest BCUT2D eigenvalue weighted by Gasteiger charge is -2.19. The lowest BCUT2D eigenvalue weighted by atomic mass is 10.1. The number of nitrogens with zero attached hydrogens (tertiary/aromatic N) is 5. The predicted octanol–water partition coefficient (Wildman–Crippen LogP) is 1.72. The third-order valence-corrected chi connectivity index (χ3v) is 4.98. The topological polar surface area (TPSA) is 122 Å². The van der Waals surface area contributed by atoms with Gasteiger partial charge < -0.3 is 20.3 Å². The summed E-state index contributed by atoms with van der Waals surface area (Å²) in [5.41, 5.74) is 1.15. The lowest BCUT2D eigenvalue weighted by Crippen LogP contribution is -2.27. The van der Waals surface area contributed by atoms with Crippen molar-refractivity contribution in [3.05, 3.63) is 54.7 Å². The normalized spacial score (nSPS) is 15.1. The van der Waals surface area contributed by atoms with Crippen LogP contribution in [0.25, 0.3) is 10.8 Å². The molecule has 1 aliphatic rings. The van der Waals surface area contributed by atoms with Crippen LogP contribution in [0.2, 0.25) is 0 Å². The van der Waals surface area contributed by atoms with E-state index in [0.717, 1.165) is 29.6 Å². The molecule has 3 aromatic rings. The number of anilines is 3. The Morgan fingerprint density at radius 3 is 2.88 bits per heavy atom. The second-order valence-corrected chi connectivity index (χ2v) is 7.08. The zero-order valence-electron chi connectivity index (χ0n) is 17.0. The number of hydrogen-bond donors (Lipinski definition) is 2. The molecule has 1 fully saturated rings. The summed E-state index contributed by atoms with van der Waals surface area (Å²) in [6, 6.07) is 5.52. The van der Waals surface area contributed by atoms with Gasteiger partial charge >= 0.3 is 0 Å². The molecule has 4 rings (SSSR count). The Hall–Kier alpha value is -4.52. The highest BCUT2D eigenvalue weighted by atomic mass is 16.5. The summed E-state index contributed by atoms with van der Waals surface area (Å²) in [7, 11) is 0. The van der Waals surface area contributed by atoms with Crippen LogP contribution in [-0.2, 0) is 14.3 Å². The maximum Gasteiger partial charge on any atom is 0.298 e. The molecule has 32 heavy (non-hydrogen) atoms. The van der Waals surface area contributed by atoms with E-state index in [2.05, 4.69) is 52.9 Å². The van der Waals surface area contributed by atoms with Gasteiger partial charge in [0.1, 0.15) is 0 Å². The van der Waals surface area contributed by atoms with Crippen LogP contribution in [-0.4, -0.2) is 51.7 Å². The zero-order chi connectivity index (χ0) is 22.5. The fraction of sp³-hybridized carbons (Fsp3) is 0.182. The molecule has 1 aliphatic heterocycles. The monoisotopic (exact) mass is 429 g/mol. The third kappa shape index (κ3) is 4.46. The summed E-state index contributed by atoms with van der Waals surface area (Å²) in [6.07, 6.45) is 11.1. The Morgan fingerprint density at radius 1 is 1.31 bits per heavy atom. The molecule has 2 aromatic heterocycles. The number of rotatable bonds is 7. The molecule has 0 saturated carbocycles. The highest BCUT2D eigenvalue weighted by molar-refractivity contribution is 6.04. The van der Waals surface area contributed by atoms with Gasteiger partial charge in [-0.3, -0.25) is 9.59 Å². The predicted molar refractivity (Wildman–Crippen MR) is 119 cm³/mol. The molecule has 0 aliphatic carbocycles. The van der Waals surface area contributed by atoms with Crippen LogP contribution in [0.1, 0.15) is 12.0 Å². The van der Waals surface area contributed by atoms with Crippen molar-refractivity contribution in [2.24, 2.45) is 0 Å². The van der Waals surface area contributed by atoms with Gasteiger partial charge in [0.2, 0.25) is 5.95 Å². The minimum atomic E-state index is -0.607. The summed E-state index contributed by atoms with van der Waals surface area (Å²) >= 11 is 0. The summed E-state index contributed by atoms with van der Waals surface area (Å²) in [4.78, 5) is 33.0. The molecule has 0 spiro atoms. The minimum absolute atomic E-state index is 0.145. The van der Waals surface area contributed by atoms with Crippen molar-refractivity contribution >= 4 is 40.6 Å². The van der Waals surface area contributed by atoms with Gasteiger partial charge in [0, 0.05) is 48.0 Å². The summed E-state index contributed by atoms with van der Waals surface area (Å²) in [5, 5.41) is 16.1. The quantitative estimate of drug-likeness (QED) is 0.250. The van der Waals surface area contributed by atoms with Crippen molar-refractivity contribution in [2.75, 3.05) is 28.6 Å². The first-order valence-electron chi connectivity index (χ1n) is 9.73. The minimum Gasteiger partial charge on any atom is -0.423 e. The zero-order valence-corrected chi connectivity index (χ0v) is 17.0. The van der Waals surface area contributed by atoms with E-state index in [4.69, 9.17) is 6.42 Å². The van der Waals surface area contributed by atoms with Gasteiger partial charge in [0.05, 0.1) is 11.8 Å². The molecule has 160 valence electrons. The second kappa shape index (κ2) is 9.09.